The summed E-state index contributed by atoms with van der Waals surface area (Å²) in [5, 5.41) is 25.5. The number of nitrogens with zero attached hydrogens (tertiary/aromatic N) is 4. The molecule has 174 valence electrons. The molecule has 3 heterocycles. The maximum absolute atomic E-state index is 12.7. The van der Waals surface area contributed by atoms with Gasteiger partial charge in [0.25, 0.3) is 0 Å². The molecule has 2 unspecified atom stereocenters. The molecular weight excluding hydrogens is 428 g/mol. The number of carbonyl (C=O) groups is 1. The number of rotatable bonds is 6. The number of amides is 1. The average Bonchev–Trinajstić information content (AvgIpc) is 3.67. The first-order valence-electron chi connectivity index (χ1n) is 11.6. The quantitative estimate of drug-likeness (QED) is 0.456. The topological polar surface area (TPSA) is 109 Å². The molecule has 6 rings (SSSR count). The molecule has 8 heteroatoms. The molecule has 2 fully saturated rings. The molecule has 1 saturated carbocycles. The van der Waals surface area contributed by atoms with Crippen LogP contribution in [0.1, 0.15) is 27.7 Å². The first-order chi connectivity index (χ1) is 16.7. The van der Waals surface area contributed by atoms with Crippen molar-refractivity contribution >= 4 is 16.9 Å². The van der Waals surface area contributed by atoms with E-state index in [4.69, 9.17) is 4.42 Å². The number of carbonyl (C=O) groups excluding carboxylic acids is 1. The Kier molecular flexibility index (Phi) is 5.12. The van der Waals surface area contributed by atoms with Gasteiger partial charge in [-0.15, -0.1) is 5.10 Å². The van der Waals surface area contributed by atoms with E-state index in [1.807, 2.05) is 54.7 Å². The predicted molar refractivity (Wildman–Crippen MR) is 130 cm³/mol. The summed E-state index contributed by atoms with van der Waals surface area (Å²) in [6.45, 7) is 0. The number of piperidine rings is 1. The fourth-order valence-electron chi connectivity index (χ4n) is 5.21. The molecule has 2 N–H and O–H groups in total. The third-order valence-electron chi connectivity index (χ3n) is 7.00. The van der Waals surface area contributed by atoms with Crippen LogP contribution < -0.4 is 10.6 Å². The molecule has 2 bridgehead atoms. The molecule has 4 atom stereocenters. The van der Waals surface area contributed by atoms with Crippen molar-refractivity contribution in [3.63, 3.8) is 0 Å². The zero-order valence-corrected chi connectivity index (χ0v) is 18.5. The van der Waals surface area contributed by atoms with Crippen molar-refractivity contribution in [1.29, 1.82) is 5.26 Å². The van der Waals surface area contributed by atoms with E-state index in [0.29, 0.717) is 18.4 Å². The molecule has 1 aliphatic heterocycles. The molecule has 8 nitrogen and oxygen atoms in total. The average molecular weight is 457 g/mol. The standard InChI is InChI=1S/C26H24N6O2.2H2/c27-14-21(29-26(33)25-19-3-5-20(13-19)28-25)11-16-1-6-22(7-2-16)32-15-23(30-31-32)17-4-8-24-18(12-17)9-10-34-24;;/h1-2,4,6-10,12,15,19-21,25,28H,3,5,11,13H2,(H,29,33);2*1H/t19?,20?,21-,25-;;/m0../s1. The number of fused-ring (bicyclic) bond motifs is 3. The minimum atomic E-state index is -0.560. The van der Waals surface area contributed by atoms with Gasteiger partial charge in [0.05, 0.1) is 30.3 Å². The summed E-state index contributed by atoms with van der Waals surface area (Å²) >= 11 is 0. The van der Waals surface area contributed by atoms with E-state index >= 15 is 0 Å². The maximum atomic E-state index is 12.7. The van der Waals surface area contributed by atoms with E-state index in [0.717, 1.165) is 52.7 Å². The Morgan fingerprint density at radius 3 is 2.91 bits per heavy atom. The Morgan fingerprint density at radius 1 is 1.26 bits per heavy atom. The Labute approximate surface area is 199 Å². The van der Waals surface area contributed by atoms with E-state index in [1.54, 1.807) is 10.9 Å². The molecule has 1 saturated heterocycles. The summed E-state index contributed by atoms with van der Waals surface area (Å²) < 4.78 is 7.13. The van der Waals surface area contributed by atoms with Gasteiger partial charge in [-0.25, -0.2) is 4.68 Å². The third-order valence-corrected chi connectivity index (χ3v) is 7.00. The van der Waals surface area contributed by atoms with E-state index in [-0.39, 0.29) is 14.8 Å². The predicted octanol–water partition coefficient (Wildman–Crippen LogP) is 3.86. The van der Waals surface area contributed by atoms with E-state index < -0.39 is 6.04 Å². The summed E-state index contributed by atoms with van der Waals surface area (Å²) in [6, 6.07) is 17.6. The van der Waals surface area contributed by atoms with Crippen LogP contribution >= 0.6 is 0 Å². The zero-order chi connectivity index (χ0) is 23.1. The highest BCUT2D eigenvalue weighted by atomic mass is 16.3. The second-order valence-electron chi connectivity index (χ2n) is 9.20. The Hall–Kier alpha value is -3.96. The van der Waals surface area contributed by atoms with Crippen molar-refractivity contribution in [2.45, 2.75) is 43.8 Å². The molecule has 0 radical (unpaired) electrons. The van der Waals surface area contributed by atoms with Crippen molar-refractivity contribution in [3.05, 3.63) is 66.6 Å². The van der Waals surface area contributed by atoms with Crippen molar-refractivity contribution in [3.8, 4) is 23.0 Å². The minimum absolute atomic E-state index is 0. The highest BCUT2D eigenvalue weighted by Gasteiger charge is 2.43. The first-order valence-corrected chi connectivity index (χ1v) is 11.6. The SMILES string of the molecule is N#C[C@H](Cc1ccc(-n2cc(-c3ccc4occc4c3)nn2)cc1)NC(=O)[C@H]1NC2CCC1C2.[HH].[HH]. The number of aromatic nitrogens is 3. The van der Waals surface area contributed by atoms with Crippen molar-refractivity contribution in [1.82, 2.24) is 25.6 Å². The second-order valence-corrected chi connectivity index (χ2v) is 9.20. The molecule has 1 amide bonds. The first kappa shape index (κ1) is 20.6. The van der Waals surface area contributed by atoms with Crippen LogP contribution in [0.25, 0.3) is 27.9 Å². The summed E-state index contributed by atoms with van der Waals surface area (Å²) in [5.41, 5.74) is 4.42. The van der Waals surface area contributed by atoms with Gasteiger partial charge < -0.3 is 15.1 Å². The van der Waals surface area contributed by atoms with Gasteiger partial charge in [0.15, 0.2) is 0 Å². The number of hydrogen-bond acceptors (Lipinski definition) is 6. The van der Waals surface area contributed by atoms with Gasteiger partial charge in [-0.3, -0.25) is 4.79 Å². The van der Waals surface area contributed by atoms with E-state index in [9.17, 15) is 10.1 Å². The summed E-state index contributed by atoms with van der Waals surface area (Å²) in [4.78, 5) is 12.7. The van der Waals surface area contributed by atoms with Crippen LogP contribution in [0.15, 0.2) is 65.4 Å². The fourth-order valence-corrected chi connectivity index (χ4v) is 5.21. The van der Waals surface area contributed by atoms with Crippen LogP contribution in [-0.2, 0) is 11.2 Å². The Balaban J connectivity index is 0.00000152. The van der Waals surface area contributed by atoms with Crippen LogP contribution in [0, 0.1) is 17.2 Å². The van der Waals surface area contributed by atoms with Gasteiger partial charge in [0.1, 0.15) is 17.3 Å². The lowest BCUT2D eigenvalue weighted by molar-refractivity contribution is -0.124. The number of furan rings is 1. The van der Waals surface area contributed by atoms with Gasteiger partial charge in [-0.1, -0.05) is 17.3 Å². The van der Waals surface area contributed by atoms with Crippen LogP contribution in [0.3, 0.4) is 0 Å². The van der Waals surface area contributed by atoms with Crippen LogP contribution in [0.5, 0.6) is 0 Å². The number of benzene rings is 2. The molecular formula is C26H28N6O2. The highest BCUT2D eigenvalue weighted by molar-refractivity contribution is 5.83. The monoisotopic (exact) mass is 456 g/mol. The largest absolute Gasteiger partial charge is 0.464 e. The molecule has 2 aromatic carbocycles. The smallest absolute Gasteiger partial charge is 0.238 e. The van der Waals surface area contributed by atoms with Gasteiger partial charge >= 0.3 is 0 Å². The molecule has 2 aromatic heterocycles. The summed E-state index contributed by atoms with van der Waals surface area (Å²) in [5.74, 6) is 0.344. The van der Waals surface area contributed by atoms with Crippen LogP contribution in [-0.4, -0.2) is 39.0 Å². The minimum Gasteiger partial charge on any atom is -0.464 e. The van der Waals surface area contributed by atoms with Crippen molar-refractivity contribution in [2.75, 3.05) is 0 Å². The van der Waals surface area contributed by atoms with Gasteiger partial charge in [-0.2, -0.15) is 5.26 Å². The lowest BCUT2D eigenvalue weighted by atomic mass is 9.98. The highest BCUT2D eigenvalue weighted by Crippen LogP contribution is 2.35. The second kappa shape index (κ2) is 8.43. The zero-order valence-electron chi connectivity index (χ0n) is 18.5. The third kappa shape index (κ3) is 3.84. The Bertz CT molecular complexity index is 1390. The molecule has 1 aliphatic carbocycles. The lowest BCUT2D eigenvalue weighted by Crippen LogP contribution is -2.50. The van der Waals surface area contributed by atoms with E-state index in [2.05, 4.69) is 27.0 Å². The lowest BCUT2D eigenvalue weighted by Gasteiger charge is -2.23. The molecule has 0 spiro atoms. The molecule has 4 aromatic rings. The van der Waals surface area contributed by atoms with Gasteiger partial charge in [-0.05, 0) is 67.1 Å². The Morgan fingerprint density at radius 2 is 2.15 bits per heavy atom. The maximum Gasteiger partial charge on any atom is 0.238 e. The normalized spacial score (nSPS) is 22.0. The van der Waals surface area contributed by atoms with Crippen LogP contribution in [0.2, 0.25) is 0 Å². The summed E-state index contributed by atoms with van der Waals surface area (Å²) in [7, 11) is 0. The van der Waals surface area contributed by atoms with Gasteiger partial charge in [0, 0.05) is 26.3 Å². The van der Waals surface area contributed by atoms with E-state index in [1.165, 1.54) is 0 Å². The van der Waals surface area contributed by atoms with Crippen molar-refractivity contribution in [2.24, 2.45) is 5.92 Å². The number of nitrogens with one attached hydrogen (secondary N) is 2. The molecule has 34 heavy (non-hydrogen) atoms. The molecule has 2 aliphatic rings. The van der Waals surface area contributed by atoms with Gasteiger partial charge in [0.2, 0.25) is 5.91 Å². The number of hydrogen-bond donors (Lipinski definition) is 2. The fraction of sp³-hybridized carbons (Fsp3) is 0.308. The van der Waals surface area contributed by atoms with Crippen LogP contribution in [0.4, 0.5) is 0 Å². The van der Waals surface area contributed by atoms with Crippen molar-refractivity contribution < 1.29 is 12.1 Å². The summed E-state index contributed by atoms with van der Waals surface area (Å²) in [6.07, 6.45) is 7.32. The number of nitriles is 1.